The van der Waals surface area contributed by atoms with Crippen molar-refractivity contribution in [3.8, 4) is 0 Å². The molecule has 0 radical (unpaired) electrons. The van der Waals surface area contributed by atoms with Gasteiger partial charge < -0.3 is 10.2 Å². The molecule has 1 aromatic rings. The predicted octanol–water partition coefficient (Wildman–Crippen LogP) is 2.63. The van der Waals surface area contributed by atoms with Crippen molar-refractivity contribution in [3.05, 3.63) is 30.3 Å². The van der Waals surface area contributed by atoms with Gasteiger partial charge in [-0.2, -0.15) is 0 Å². The van der Waals surface area contributed by atoms with Crippen LogP contribution in [0, 0.1) is 5.92 Å². The predicted molar refractivity (Wildman–Crippen MR) is 85.0 cm³/mol. The van der Waals surface area contributed by atoms with E-state index in [2.05, 4.69) is 41.5 Å². The van der Waals surface area contributed by atoms with Crippen LogP contribution in [0.1, 0.15) is 19.3 Å². The number of thioether (sulfide) groups is 1. The third-order valence-electron chi connectivity index (χ3n) is 3.63. The molecule has 1 saturated heterocycles. The van der Waals surface area contributed by atoms with Crippen LogP contribution in [0.4, 0.5) is 0 Å². The first-order valence-corrected chi connectivity index (χ1v) is 8.38. The lowest BCUT2D eigenvalue weighted by Gasteiger charge is -2.28. The molecule has 4 heteroatoms. The van der Waals surface area contributed by atoms with Crippen LogP contribution in [-0.4, -0.2) is 43.2 Å². The summed E-state index contributed by atoms with van der Waals surface area (Å²) in [4.78, 5) is 15.6. The molecule has 0 bridgehead atoms. The molecule has 1 aliphatic rings. The van der Waals surface area contributed by atoms with Gasteiger partial charge in [0.1, 0.15) is 0 Å². The van der Waals surface area contributed by atoms with Crippen molar-refractivity contribution in [2.75, 3.05) is 32.4 Å². The van der Waals surface area contributed by atoms with Crippen LogP contribution in [-0.2, 0) is 4.79 Å². The number of nitrogens with one attached hydrogen (secondary N) is 1. The number of piperidine rings is 1. The van der Waals surface area contributed by atoms with Gasteiger partial charge in [-0.1, -0.05) is 18.2 Å². The first-order chi connectivity index (χ1) is 9.75. The number of likely N-dealkylation sites (tertiary alicyclic amines) is 1. The molecule has 1 amide bonds. The van der Waals surface area contributed by atoms with Gasteiger partial charge in [-0.15, -0.1) is 11.8 Å². The van der Waals surface area contributed by atoms with Gasteiger partial charge in [0.25, 0.3) is 0 Å². The SMILES string of the molecule is CN1CCC[C@@H](C(=O)NCCCSc2ccccc2)C1. The maximum absolute atomic E-state index is 12.0. The topological polar surface area (TPSA) is 32.3 Å². The Balaban J connectivity index is 1.57. The Morgan fingerprint density at radius 2 is 2.20 bits per heavy atom. The summed E-state index contributed by atoms with van der Waals surface area (Å²) >= 11 is 1.85. The lowest BCUT2D eigenvalue weighted by Crippen LogP contribution is -2.41. The number of hydrogen-bond donors (Lipinski definition) is 1. The Kier molecular flexibility index (Phi) is 6.40. The number of amides is 1. The van der Waals surface area contributed by atoms with Crippen LogP contribution in [0.25, 0.3) is 0 Å². The number of rotatable bonds is 6. The quantitative estimate of drug-likeness (QED) is 0.646. The molecule has 1 atom stereocenters. The van der Waals surface area contributed by atoms with E-state index in [4.69, 9.17) is 0 Å². The minimum absolute atomic E-state index is 0.190. The van der Waals surface area contributed by atoms with Crippen molar-refractivity contribution in [2.24, 2.45) is 5.92 Å². The first kappa shape index (κ1) is 15.4. The Labute approximate surface area is 126 Å². The van der Waals surface area contributed by atoms with Crippen molar-refractivity contribution in [2.45, 2.75) is 24.2 Å². The van der Waals surface area contributed by atoms with E-state index in [9.17, 15) is 4.79 Å². The Bertz CT molecular complexity index is 410. The van der Waals surface area contributed by atoms with Gasteiger partial charge >= 0.3 is 0 Å². The second-order valence-electron chi connectivity index (χ2n) is 5.41. The van der Waals surface area contributed by atoms with E-state index in [1.54, 1.807) is 0 Å². The van der Waals surface area contributed by atoms with Gasteiger partial charge in [-0.25, -0.2) is 0 Å². The van der Waals surface area contributed by atoms with Gasteiger partial charge in [-0.3, -0.25) is 4.79 Å². The normalized spacial score (nSPS) is 19.8. The van der Waals surface area contributed by atoms with E-state index in [1.165, 1.54) is 4.90 Å². The van der Waals surface area contributed by atoms with Crippen LogP contribution >= 0.6 is 11.8 Å². The lowest BCUT2D eigenvalue weighted by molar-refractivity contribution is -0.126. The van der Waals surface area contributed by atoms with Crippen LogP contribution in [0.3, 0.4) is 0 Å². The summed E-state index contributed by atoms with van der Waals surface area (Å²) in [5.74, 6) is 1.48. The van der Waals surface area contributed by atoms with Gasteiger partial charge in [0.15, 0.2) is 0 Å². The van der Waals surface area contributed by atoms with Crippen LogP contribution in [0.5, 0.6) is 0 Å². The third-order valence-corrected chi connectivity index (χ3v) is 4.73. The summed E-state index contributed by atoms with van der Waals surface area (Å²) in [6.07, 6.45) is 3.20. The van der Waals surface area contributed by atoms with E-state index < -0.39 is 0 Å². The number of carbonyl (C=O) groups is 1. The lowest BCUT2D eigenvalue weighted by atomic mass is 9.98. The fraction of sp³-hybridized carbons (Fsp3) is 0.562. The molecular formula is C16H24N2OS. The molecule has 0 aromatic heterocycles. The van der Waals surface area contributed by atoms with Gasteiger partial charge in [0.05, 0.1) is 5.92 Å². The molecule has 0 spiro atoms. The van der Waals surface area contributed by atoms with E-state index in [0.717, 1.165) is 44.6 Å². The molecular weight excluding hydrogens is 268 g/mol. The molecule has 0 aliphatic carbocycles. The Morgan fingerprint density at radius 1 is 1.40 bits per heavy atom. The number of benzene rings is 1. The second kappa shape index (κ2) is 8.32. The molecule has 20 heavy (non-hydrogen) atoms. The average molecular weight is 292 g/mol. The van der Waals surface area contributed by atoms with Crippen molar-refractivity contribution in [1.29, 1.82) is 0 Å². The maximum Gasteiger partial charge on any atom is 0.224 e. The molecule has 3 nitrogen and oxygen atoms in total. The molecule has 1 aliphatic heterocycles. The highest BCUT2D eigenvalue weighted by Crippen LogP contribution is 2.18. The van der Waals surface area contributed by atoms with Crippen LogP contribution in [0.15, 0.2) is 35.2 Å². The summed E-state index contributed by atoms with van der Waals surface area (Å²) in [6, 6.07) is 10.4. The molecule has 110 valence electrons. The molecule has 1 N–H and O–H groups in total. The number of hydrogen-bond acceptors (Lipinski definition) is 3. The van der Waals surface area contributed by atoms with Gasteiger partial charge in [0.2, 0.25) is 5.91 Å². The molecule has 1 aromatic carbocycles. The van der Waals surface area contributed by atoms with E-state index in [1.807, 2.05) is 17.8 Å². The van der Waals surface area contributed by atoms with Gasteiger partial charge in [-0.05, 0) is 50.7 Å². The van der Waals surface area contributed by atoms with E-state index >= 15 is 0 Å². The third kappa shape index (κ3) is 5.17. The molecule has 1 heterocycles. The summed E-state index contributed by atoms with van der Waals surface area (Å²) < 4.78 is 0. The largest absolute Gasteiger partial charge is 0.356 e. The minimum atomic E-state index is 0.190. The highest BCUT2D eigenvalue weighted by Gasteiger charge is 2.23. The molecule has 0 saturated carbocycles. The smallest absolute Gasteiger partial charge is 0.224 e. The fourth-order valence-electron chi connectivity index (χ4n) is 2.52. The minimum Gasteiger partial charge on any atom is -0.356 e. The number of carbonyl (C=O) groups excluding carboxylic acids is 1. The zero-order valence-electron chi connectivity index (χ0n) is 12.2. The standard InChI is InChI=1S/C16H24N2OS/c1-18-11-5-7-14(13-18)16(19)17-10-6-12-20-15-8-3-2-4-9-15/h2-4,8-9,14H,5-7,10-13H2,1H3,(H,17,19)/t14-/m1/s1. The highest BCUT2D eigenvalue weighted by atomic mass is 32.2. The van der Waals surface area contributed by atoms with Crippen LogP contribution < -0.4 is 5.32 Å². The van der Waals surface area contributed by atoms with E-state index in [0.29, 0.717) is 0 Å². The summed E-state index contributed by atoms with van der Waals surface area (Å²) in [5.41, 5.74) is 0. The van der Waals surface area contributed by atoms with E-state index in [-0.39, 0.29) is 11.8 Å². The summed E-state index contributed by atoms with van der Waals surface area (Å²) in [5, 5.41) is 3.08. The average Bonchev–Trinajstić information content (AvgIpc) is 2.48. The van der Waals surface area contributed by atoms with Gasteiger partial charge in [0, 0.05) is 18.0 Å². The first-order valence-electron chi connectivity index (χ1n) is 7.40. The molecule has 1 fully saturated rings. The maximum atomic E-state index is 12.0. The molecule has 0 unspecified atom stereocenters. The Morgan fingerprint density at radius 3 is 2.95 bits per heavy atom. The summed E-state index contributed by atoms with van der Waals surface area (Å²) in [6.45, 7) is 2.82. The number of nitrogens with zero attached hydrogens (tertiary/aromatic N) is 1. The van der Waals surface area contributed by atoms with Crippen molar-refractivity contribution < 1.29 is 4.79 Å². The van der Waals surface area contributed by atoms with Crippen molar-refractivity contribution in [3.63, 3.8) is 0 Å². The van der Waals surface area contributed by atoms with Crippen molar-refractivity contribution in [1.82, 2.24) is 10.2 Å². The second-order valence-corrected chi connectivity index (χ2v) is 6.58. The monoisotopic (exact) mass is 292 g/mol. The fourth-order valence-corrected chi connectivity index (χ4v) is 3.39. The van der Waals surface area contributed by atoms with Crippen LogP contribution in [0.2, 0.25) is 0 Å². The van der Waals surface area contributed by atoms with Crippen molar-refractivity contribution >= 4 is 17.7 Å². The zero-order chi connectivity index (χ0) is 14.2. The zero-order valence-corrected chi connectivity index (χ0v) is 13.0. The Hall–Kier alpha value is -1.00. The summed E-state index contributed by atoms with van der Waals surface area (Å²) in [7, 11) is 2.09. The highest BCUT2D eigenvalue weighted by molar-refractivity contribution is 7.99. The molecule has 2 rings (SSSR count).